The Morgan fingerprint density at radius 2 is 2.13 bits per heavy atom. The Balaban J connectivity index is 1.80. The van der Waals surface area contributed by atoms with Crippen molar-refractivity contribution in [3.8, 4) is 6.07 Å². The van der Waals surface area contributed by atoms with Gasteiger partial charge in [-0.25, -0.2) is 0 Å². The fraction of sp³-hybridized carbons (Fsp3) is 0.412. The SMILES string of the molecule is N#C/C(=C/NCc1ccc(CO)cc1)C(=O)NCC1CCCO1. The molecule has 1 saturated heterocycles. The minimum absolute atomic E-state index is 0.0110. The van der Waals surface area contributed by atoms with E-state index in [0.717, 1.165) is 30.6 Å². The summed E-state index contributed by atoms with van der Waals surface area (Å²) in [6.45, 7) is 1.67. The molecule has 1 aromatic carbocycles. The third-order valence-corrected chi connectivity index (χ3v) is 3.64. The van der Waals surface area contributed by atoms with E-state index >= 15 is 0 Å². The lowest BCUT2D eigenvalue weighted by Crippen LogP contribution is -2.32. The van der Waals surface area contributed by atoms with Crippen molar-refractivity contribution in [2.45, 2.75) is 32.1 Å². The molecule has 0 aromatic heterocycles. The van der Waals surface area contributed by atoms with Gasteiger partial charge in [0.2, 0.25) is 0 Å². The first kappa shape index (κ1) is 17.0. The largest absolute Gasteiger partial charge is 0.392 e. The van der Waals surface area contributed by atoms with Crippen molar-refractivity contribution in [2.75, 3.05) is 13.2 Å². The van der Waals surface area contributed by atoms with Gasteiger partial charge in [-0.05, 0) is 24.0 Å². The van der Waals surface area contributed by atoms with Crippen molar-refractivity contribution in [1.82, 2.24) is 10.6 Å². The highest BCUT2D eigenvalue weighted by Gasteiger charge is 2.17. The number of rotatable bonds is 7. The maximum Gasteiger partial charge on any atom is 0.263 e. The van der Waals surface area contributed by atoms with Crippen LogP contribution in [0.2, 0.25) is 0 Å². The van der Waals surface area contributed by atoms with E-state index in [0.29, 0.717) is 13.1 Å². The van der Waals surface area contributed by atoms with Crippen LogP contribution in [0.4, 0.5) is 0 Å². The fourth-order valence-corrected chi connectivity index (χ4v) is 2.29. The van der Waals surface area contributed by atoms with Gasteiger partial charge in [-0.2, -0.15) is 5.26 Å². The maximum atomic E-state index is 11.9. The third kappa shape index (κ3) is 5.40. The van der Waals surface area contributed by atoms with Gasteiger partial charge in [0.15, 0.2) is 0 Å². The summed E-state index contributed by atoms with van der Waals surface area (Å²) in [5.74, 6) is -0.397. The van der Waals surface area contributed by atoms with Crippen LogP contribution in [0.25, 0.3) is 0 Å². The summed E-state index contributed by atoms with van der Waals surface area (Å²) in [6.07, 6.45) is 3.42. The number of nitrogens with zero attached hydrogens (tertiary/aromatic N) is 1. The van der Waals surface area contributed by atoms with Crippen LogP contribution < -0.4 is 10.6 Å². The number of nitrogens with one attached hydrogen (secondary N) is 2. The quantitative estimate of drug-likeness (QED) is 0.515. The highest BCUT2D eigenvalue weighted by Crippen LogP contribution is 2.10. The number of aliphatic hydroxyl groups excluding tert-OH is 1. The lowest BCUT2D eigenvalue weighted by Gasteiger charge is -2.10. The standard InChI is InChI=1S/C17H21N3O3/c18-8-15(17(22)20-11-16-2-1-7-23-16)10-19-9-13-3-5-14(12-21)6-4-13/h3-6,10,16,19,21H,1-2,7,9,11-12H2,(H,20,22)/b15-10-. The monoisotopic (exact) mass is 315 g/mol. The second-order valence-electron chi connectivity index (χ2n) is 5.37. The molecule has 1 fully saturated rings. The molecular formula is C17H21N3O3. The molecule has 1 heterocycles. The van der Waals surface area contributed by atoms with E-state index in [-0.39, 0.29) is 18.3 Å². The van der Waals surface area contributed by atoms with Crippen LogP contribution in [-0.2, 0) is 22.7 Å². The number of amides is 1. The highest BCUT2D eigenvalue weighted by molar-refractivity contribution is 5.97. The molecule has 1 unspecified atom stereocenters. The number of aliphatic hydroxyl groups is 1. The van der Waals surface area contributed by atoms with Crippen LogP contribution in [-0.4, -0.2) is 30.3 Å². The second-order valence-corrected chi connectivity index (χ2v) is 5.37. The zero-order chi connectivity index (χ0) is 16.5. The van der Waals surface area contributed by atoms with Gasteiger partial charge in [0.05, 0.1) is 12.7 Å². The molecule has 1 aliphatic rings. The van der Waals surface area contributed by atoms with Crippen molar-refractivity contribution in [3.05, 3.63) is 47.2 Å². The van der Waals surface area contributed by atoms with Crippen molar-refractivity contribution in [1.29, 1.82) is 5.26 Å². The molecule has 0 bridgehead atoms. The molecule has 0 radical (unpaired) electrons. The Kier molecular flexibility index (Phi) is 6.60. The Hall–Kier alpha value is -2.36. The van der Waals surface area contributed by atoms with Crippen molar-refractivity contribution in [2.24, 2.45) is 0 Å². The average Bonchev–Trinajstić information content (AvgIpc) is 3.10. The topological polar surface area (TPSA) is 94.4 Å². The van der Waals surface area contributed by atoms with E-state index in [1.165, 1.54) is 6.20 Å². The highest BCUT2D eigenvalue weighted by atomic mass is 16.5. The van der Waals surface area contributed by atoms with Crippen LogP contribution in [0.15, 0.2) is 36.0 Å². The Labute approximate surface area is 135 Å². The molecule has 1 aromatic rings. The van der Waals surface area contributed by atoms with Crippen LogP contribution in [0.1, 0.15) is 24.0 Å². The van der Waals surface area contributed by atoms with Gasteiger partial charge in [0.1, 0.15) is 11.6 Å². The van der Waals surface area contributed by atoms with Gasteiger partial charge in [-0.3, -0.25) is 4.79 Å². The minimum Gasteiger partial charge on any atom is -0.392 e. The Morgan fingerprint density at radius 3 is 2.74 bits per heavy atom. The van der Waals surface area contributed by atoms with Crippen LogP contribution >= 0.6 is 0 Å². The van der Waals surface area contributed by atoms with Gasteiger partial charge in [-0.1, -0.05) is 24.3 Å². The molecular weight excluding hydrogens is 294 g/mol. The summed E-state index contributed by atoms with van der Waals surface area (Å²) in [5.41, 5.74) is 1.88. The predicted octanol–water partition coefficient (Wildman–Crippen LogP) is 0.971. The number of benzene rings is 1. The summed E-state index contributed by atoms with van der Waals surface area (Å²) in [5, 5.41) is 23.7. The van der Waals surface area contributed by atoms with Crippen molar-refractivity contribution in [3.63, 3.8) is 0 Å². The van der Waals surface area contributed by atoms with Gasteiger partial charge in [0.25, 0.3) is 5.91 Å². The van der Waals surface area contributed by atoms with Crippen LogP contribution in [0.3, 0.4) is 0 Å². The van der Waals surface area contributed by atoms with Crippen molar-refractivity contribution < 1.29 is 14.6 Å². The normalized spacial score (nSPS) is 17.6. The number of ether oxygens (including phenoxy) is 1. The van der Waals surface area contributed by atoms with Gasteiger partial charge in [-0.15, -0.1) is 0 Å². The molecule has 0 saturated carbocycles. The van der Waals surface area contributed by atoms with Gasteiger partial charge < -0.3 is 20.5 Å². The molecule has 3 N–H and O–H groups in total. The summed E-state index contributed by atoms with van der Waals surface area (Å²) in [4.78, 5) is 11.9. The lowest BCUT2D eigenvalue weighted by atomic mass is 10.1. The number of carbonyl (C=O) groups is 1. The van der Waals surface area contributed by atoms with E-state index in [4.69, 9.17) is 15.1 Å². The summed E-state index contributed by atoms with van der Waals surface area (Å²) in [6, 6.07) is 9.33. The molecule has 23 heavy (non-hydrogen) atoms. The maximum absolute atomic E-state index is 11.9. The number of hydrogen-bond donors (Lipinski definition) is 3. The lowest BCUT2D eigenvalue weighted by molar-refractivity contribution is -0.117. The molecule has 122 valence electrons. The predicted molar refractivity (Wildman–Crippen MR) is 84.9 cm³/mol. The zero-order valence-electron chi connectivity index (χ0n) is 12.9. The molecule has 1 atom stereocenters. The van der Waals surface area contributed by atoms with E-state index in [2.05, 4.69) is 10.6 Å². The minimum atomic E-state index is -0.397. The molecule has 6 nitrogen and oxygen atoms in total. The molecule has 0 aliphatic carbocycles. The van der Waals surface area contributed by atoms with Crippen LogP contribution in [0.5, 0.6) is 0 Å². The summed E-state index contributed by atoms with van der Waals surface area (Å²) < 4.78 is 5.42. The molecule has 1 amide bonds. The van der Waals surface area contributed by atoms with Crippen molar-refractivity contribution >= 4 is 5.91 Å². The second kappa shape index (κ2) is 8.93. The molecule has 6 heteroatoms. The third-order valence-electron chi connectivity index (χ3n) is 3.64. The molecule has 1 aliphatic heterocycles. The van der Waals surface area contributed by atoms with Crippen LogP contribution in [0, 0.1) is 11.3 Å². The molecule has 0 spiro atoms. The van der Waals surface area contributed by atoms with E-state index in [1.807, 2.05) is 30.3 Å². The van der Waals surface area contributed by atoms with E-state index < -0.39 is 5.91 Å². The van der Waals surface area contributed by atoms with E-state index in [9.17, 15) is 4.79 Å². The fourth-order valence-electron chi connectivity index (χ4n) is 2.29. The first-order valence-electron chi connectivity index (χ1n) is 7.65. The summed E-state index contributed by atoms with van der Waals surface area (Å²) in [7, 11) is 0. The average molecular weight is 315 g/mol. The first-order chi connectivity index (χ1) is 11.2. The Morgan fingerprint density at radius 1 is 1.39 bits per heavy atom. The van der Waals surface area contributed by atoms with E-state index in [1.54, 1.807) is 0 Å². The number of carbonyl (C=O) groups excluding carboxylic acids is 1. The number of nitriles is 1. The summed E-state index contributed by atoms with van der Waals surface area (Å²) >= 11 is 0. The molecule has 2 rings (SSSR count). The van der Waals surface area contributed by atoms with Gasteiger partial charge in [0, 0.05) is 25.9 Å². The Bertz CT molecular complexity index is 584. The zero-order valence-corrected chi connectivity index (χ0v) is 12.9. The first-order valence-corrected chi connectivity index (χ1v) is 7.65. The number of hydrogen-bond acceptors (Lipinski definition) is 5. The smallest absolute Gasteiger partial charge is 0.263 e. The van der Waals surface area contributed by atoms with Gasteiger partial charge >= 0.3 is 0 Å².